The summed E-state index contributed by atoms with van der Waals surface area (Å²) in [6.07, 6.45) is 2.49. The van der Waals surface area contributed by atoms with Gasteiger partial charge in [0.05, 0.1) is 12.8 Å². The van der Waals surface area contributed by atoms with E-state index in [9.17, 15) is 9.32 Å². The van der Waals surface area contributed by atoms with Gasteiger partial charge >= 0.3 is 0 Å². The van der Waals surface area contributed by atoms with Gasteiger partial charge in [0, 0.05) is 6.20 Å². The second kappa shape index (κ2) is 5.97. The third-order valence-corrected chi connectivity index (χ3v) is 0.749. The first-order valence-electron chi connectivity index (χ1n) is 2.58. The molecule has 3 nitrogen and oxygen atoms in total. The fourth-order valence-electron chi connectivity index (χ4n) is 0.418. The number of carbonyl (C=O) groups is 1. The third kappa shape index (κ3) is 3.80. The van der Waals surface area contributed by atoms with Gasteiger partial charge in [-0.1, -0.05) is 0 Å². The quantitative estimate of drug-likeness (QED) is 0.606. The second-order valence-corrected chi connectivity index (χ2v) is 1.40. The molecule has 0 aliphatic carbocycles. The lowest BCUT2D eigenvalue weighted by molar-refractivity contribution is -0.0960. The van der Waals surface area contributed by atoms with Crippen LogP contribution in [0.5, 0.6) is 0 Å². The highest BCUT2D eigenvalue weighted by Gasteiger charge is 1.81. The van der Waals surface area contributed by atoms with Crippen molar-refractivity contribution in [3.63, 3.8) is 0 Å². The molecule has 0 saturated heterocycles. The van der Waals surface area contributed by atoms with Crippen LogP contribution in [0.3, 0.4) is 0 Å². The number of carbonyl (C=O) groups excluding carboxylic acids is 1. The standard InChI is InChI=1S/C5H5NO.CH3FO/c7-4-5-2-1-3-6-5;1-3-2/h1-4,6H;1H3. The Kier molecular flexibility index (Phi) is 5.28. The van der Waals surface area contributed by atoms with E-state index < -0.39 is 0 Å². The van der Waals surface area contributed by atoms with Crippen molar-refractivity contribution in [3.8, 4) is 0 Å². The summed E-state index contributed by atoms with van der Waals surface area (Å²) in [5.74, 6) is 0. The molecule has 0 bridgehead atoms. The van der Waals surface area contributed by atoms with Crippen LogP contribution in [0.1, 0.15) is 10.5 Å². The van der Waals surface area contributed by atoms with Crippen molar-refractivity contribution in [2.45, 2.75) is 0 Å². The van der Waals surface area contributed by atoms with Crippen molar-refractivity contribution in [3.05, 3.63) is 24.0 Å². The van der Waals surface area contributed by atoms with Crippen LogP contribution in [0.15, 0.2) is 18.3 Å². The minimum Gasteiger partial charge on any atom is -0.359 e. The summed E-state index contributed by atoms with van der Waals surface area (Å²) in [5, 5.41) is 0. The molecule has 1 heterocycles. The Hall–Kier alpha value is -1.16. The molecule has 1 aromatic rings. The Morgan fingerprint density at radius 1 is 1.80 bits per heavy atom. The van der Waals surface area contributed by atoms with Crippen molar-refractivity contribution < 1.29 is 14.3 Å². The van der Waals surface area contributed by atoms with Crippen LogP contribution in [0.4, 0.5) is 4.53 Å². The highest BCUT2D eigenvalue weighted by molar-refractivity contribution is 5.71. The molecule has 0 aliphatic heterocycles. The molecule has 1 rings (SSSR count). The zero-order valence-electron chi connectivity index (χ0n) is 5.50. The van der Waals surface area contributed by atoms with Gasteiger partial charge in [0.2, 0.25) is 0 Å². The number of rotatable bonds is 1. The molecule has 1 N–H and O–H groups in total. The molecule has 0 fully saturated rings. The molecule has 0 aliphatic rings. The maximum atomic E-state index is 9.84. The molecule has 0 aromatic carbocycles. The van der Waals surface area contributed by atoms with Crippen molar-refractivity contribution in [2.75, 3.05) is 7.11 Å². The van der Waals surface area contributed by atoms with Gasteiger partial charge in [0.15, 0.2) is 6.29 Å². The van der Waals surface area contributed by atoms with Crippen molar-refractivity contribution in [1.29, 1.82) is 0 Å². The molecule has 56 valence electrons. The number of aromatic nitrogens is 1. The lowest BCUT2D eigenvalue weighted by Crippen LogP contribution is -1.72. The maximum absolute atomic E-state index is 9.84. The molecule has 0 radical (unpaired) electrons. The van der Waals surface area contributed by atoms with Crippen LogP contribution < -0.4 is 0 Å². The van der Waals surface area contributed by atoms with Crippen LogP contribution in [0, 0.1) is 0 Å². The van der Waals surface area contributed by atoms with E-state index in [0.717, 1.165) is 13.4 Å². The molecular weight excluding hydrogens is 137 g/mol. The number of hydrogen-bond acceptors (Lipinski definition) is 2. The molecule has 0 spiro atoms. The summed E-state index contributed by atoms with van der Waals surface area (Å²) in [7, 11) is 0.958. The van der Waals surface area contributed by atoms with Gasteiger partial charge in [-0.25, -0.2) is 0 Å². The van der Waals surface area contributed by atoms with Gasteiger partial charge in [0.25, 0.3) is 0 Å². The average Bonchev–Trinajstić information content (AvgIpc) is 2.39. The average molecular weight is 145 g/mol. The predicted octanol–water partition coefficient (Wildman–Crippen LogP) is 1.34. The smallest absolute Gasteiger partial charge is 0.166 e. The molecule has 0 saturated carbocycles. The number of halogens is 1. The number of H-pyrrole nitrogens is 1. The number of nitrogens with one attached hydrogen (secondary N) is 1. The number of aromatic amines is 1. The van der Waals surface area contributed by atoms with Crippen molar-refractivity contribution >= 4 is 6.29 Å². The molecule has 4 heteroatoms. The zero-order valence-corrected chi connectivity index (χ0v) is 5.50. The van der Waals surface area contributed by atoms with E-state index in [1.54, 1.807) is 18.3 Å². The van der Waals surface area contributed by atoms with E-state index in [0.29, 0.717) is 5.69 Å². The Morgan fingerprint density at radius 2 is 2.40 bits per heavy atom. The first-order chi connectivity index (χ1) is 4.85. The SMILES string of the molecule is COF.O=Cc1ccc[nH]1. The minimum absolute atomic E-state index is 0.625. The normalized spacial score (nSPS) is 7.80. The van der Waals surface area contributed by atoms with E-state index >= 15 is 0 Å². The lowest BCUT2D eigenvalue weighted by atomic mass is 10.5. The Balaban J connectivity index is 0.000000236. The summed E-state index contributed by atoms with van der Waals surface area (Å²) in [6, 6.07) is 3.50. The molecule has 1 aromatic heterocycles. The Morgan fingerprint density at radius 3 is 2.60 bits per heavy atom. The van der Waals surface area contributed by atoms with Crippen molar-refractivity contribution in [2.24, 2.45) is 0 Å². The largest absolute Gasteiger partial charge is 0.359 e. The summed E-state index contributed by atoms with van der Waals surface area (Å²) in [4.78, 5) is 15.3. The van der Waals surface area contributed by atoms with Crippen LogP contribution >= 0.6 is 0 Å². The fraction of sp³-hybridized carbons (Fsp3) is 0.167. The van der Waals surface area contributed by atoms with Gasteiger partial charge in [-0.2, -0.15) is 4.94 Å². The van der Waals surface area contributed by atoms with Gasteiger partial charge in [0.1, 0.15) is 0 Å². The molecule has 0 amide bonds. The highest BCUT2D eigenvalue weighted by Crippen LogP contribution is 1.85. The summed E-state index contributed by atoms with van der Waals surface area (Å²) in [5.41, 5.74) is 0.625. The maximum Gasteiger partial charge on any atom is 0.166 e. The molecule has 10 heavy (non-hydrogen) atoms. The first kappa shape index (κ1) is 8.84. The van der Waals surface area contributed by atoms with E-state index in [1.807, 2.05) is 0 Å². The minimum atomic E-state index is 0.625. The molecular formula is C6H8FNO2. The van der Waals surface area contributed by atoms with Crippen LogP contribution in [-0.4, -0.2) is 18.4 Å². The summed E-state index contributed by atoms with van der Waals surface area (Å²) in [6.45, 7) is 0. The third-order valence-electron chi connectivity index (χ3n) is 0.749. The molecule has 0 atom stereocenters. The Labute approximate surface area is 57.7 Å². The highest BCUT2D eigenvalue weighted by atomic mass is 19.3. The van der Waals surface area contributed by atoms with Gasteiger partial charge in [-0.05, 0) is 16.7 Å². The number of aldehydes is 1. The monoisotopic (exact) mass is 145 g/mol. The summed E-state index contributed by atoms with van der Waals surface area (Å²) >= 11 is 0. The topological polar surface area (TPSA) is 42.1 Å². The van der Waals surface area contributed by atoms with Crippen LogP contribution in [0.25, 0.3) is 0 Å². The van der Waals surface area contributed by atoms with E-state index in [1.165, 1.54) is 0 Å². The second-order valence-electron chi connectivity index (χ2n) is 1.40. The number of hydrogen-bond donors (Lipinski definition) is 1. The first-order valence-corrected chi connectivity index (χ1v) is 2.58. The van der Waals surface area contributed by atoms with Gasteiger partial charge in [-0.15, -0.1) is 0 Å². The van der Waals surface area contributed by atoms with Gasteiger partial charge in [-0.3, -0.25) is 4.79 Å². The molecule has 0 unspecified atom stereocenters. The van der Waals surface area contributed by atoms with Crippen LogP contribution in [-0.2, 0) is 4.94 Å². The van der Waals surface area contributed by atoms with Gasteiger partial charge < -0.3 is 4.98 Å². The fourth-order valence-corrected chi connectivity index (χ4v) is 0.418. The predicted molar refractivity (Wildman–Crippen MR) is 34.3 cm³/mol. The summed E-state index contributed by atoms with van der Waals surface area (Å²) < 4.78 is 9.79. The van der Waals surface area contributed by atoms with E-state index in [2.05, 4.69) is 9.93 Å². The zero-order chi connectivity index (χ0) is 7.82. The van der Waals surface area contributed by atoms with Crippen molar-refractivity contribution in [1.82, 2.24) is 4.98 Å². The lowest BCUT2D eigenvalue weighted by Gasteiger charge is -1.70. The van der Waals surface area contributed by atoms with Crippen LogP contribution in [0.2, 0.25) is 0 Å². The Bertz CT molecular complexity index is 162. The van der Waals surface area contributed by atoms with E-state index in [-0.39, 0.29) is 0 Å². The van der Waals surface area contributed by atoms with E-state index in [4.69, 9.17) is 0 Å².